The summed E-state index contributed by atoms with van der Waals surface area (Å²) in [7, 11) is 0. The highest BCUT2D eigenvalue weighted by molar-refractivity contribution is 5.77. The van der Waals surface area contributed by atoms with Gasteiger partial charge >= 0.3 is 6.03 Å². The molecule has 50 valence electrons. The van der Waals surface area contributed by atoms with E-state index in [4.69, 9.17) is 0 Å². The molecule has 5 nitrogen and oxygen atoms in total. The first kappa shape index (κ1) is 5.01. The molecule has 0 aliphatic carbocycles. The Morgan fingerprint density at radius 1 is 1.22 bits per heavy atom. The molecule has 0 radical (unpaired) electrons. The fraction of sp³-hybridized carbons (Fsp3) is 0.750. The van der Waals surface area contributed by atoms with Gasteiger partial charge in [0.15, 0.2) is 0 Å². The number of hydrogen-bond donors (Lipinski definition) is 4. The molecule has 0 aromatic heterocycles. The number of hydrogen-bond acceptors (Lipinski definition) is 3. The Morgan fingerprint density at radius 2 is 1.78 bits per heavy atom. The lowest BCUT2D eigenvalue weighted by Crippen LogP contribution is -2.39. The van der Waals surface area contributed by atoms with Crippen LogP contribution < -0.4 is 21.3 Å². The number of urea groups is 1. The Morgan fingerprint density at radius 3 is 2.33 bits per heavy atom. The SMILES string of the molecule is O=C1N[C@@H]2NCN[C@H]2N1. The average molecular weight is 128 g/mol. The van der Waals surface area contributed by atoms with E-state index in [0.29, 0.717) is 0 Å². The van der Waals surface area contributed by atoms with Gasteiger partial charge in [0.2, 0.25) is 0 Å². The second-order valence-electron chi connectivity index (χ2n) is 2.16. The van der Waals surface area contributed by atoms with Crippen LogP contribution in [0.2, 0.25) is 0 Å². The van der Waals surface area contributed by atoms with Gasteiger partial charge in [-0.3, -0.25) is 10.6 Å². The van der Waals surface area contributed by atoms with Crippen LogP contribution in [0, 0.1) is 0 Å². The number of nitrogens with one attached hydrogen (secondary N) is 4. The zero-order valence-corrected chi connectivity index (χ0v) is 4.77. The van der Waals surface area contributed by atoms with Gasteiger partial charge in [-0.25, -0.2) is 4.79 Å². The smallest absolute Gasteiger partial charge is 0.317 e. The van der Waals surface area contributed by atoms with Crippen LogP contribution in [0.5, 0.6) is 0 Å². The van der Waals surface area contributed by atoms with Crippen molar-refractivity contribution >= 4 is 6.03 Å². The number of rotatable bonds is 0. The summed E-state index contributed by atoms with van der Waals surface area (Å²) in [5.41, 5.74) is 0. The standard InChI is InChI=1S/C4H8N4O/c9-4-7-2-3(8-4)6-1-5-2/h2-3,5-6H,1H2,(H2,7,8,9)/t2-,3-/m0/s1. The van der Waals surface area contributed by atoms with Crippen LogP contribution in [-0.2, 0) is 0 Å². The predicted octanol–water partition coefficient (Wildman–Crippen LogP) is -1.90. The van der Waals surface area contributed by atoms with E-state index in [-0.39, 0.29) is 18.4 Å². The Balaban J connectivity index is 2.09. The minimum atomic E-state index is -0.107. The lowest BCUT2D eigenvalue weighted by molar-refractivity contribution is 0.245. The van der Waals surface area contributed by atoms with Gasteiger partial charge in [-0.2, -0.15) is 0 Å². The maximum Gasteiger partial charge on any atom is 0.317 e. The lowest BCUT2D eigenvalue weighted by Gasteiger charge is -2.04. The summed E-state index contributed by atoms with van der Waals surface area (Å²) in [6.45, 7) is 0.753. The molecule has 2 amide bonds. The average Bonchev–Trinajstić information content (AvgIpc) is 2.22. The molecule has 9 heavy (non-hydrogen) atoms. The van der Waals surface area contributed by atoms with Gasteiger partial charge < -0.3 is 10.6 Å². The van der Waals surface area contributed by atoms with Gasteiger partial charge in [0.25, 0.3) is 0 Å². The van der Waals surface area contributed by atoms with E-state index in [1.807, 2.05) is 0 Å². The maximum absolute atomic E-state index is 10.6. The lowest BCUT2D eigenvalue weighted by atomic mass is 10.4. The summed E-state index contributed by atoms with van der Waals surface area (Å²) >= 11 is 0. The molecule has 2 aliphatic rings. The summed E-state index contributed by atoms with van der Waals surface area (Å²) in [5, 5.41) is 11.5. The number of carbonyl (C=O) groups is 1. The van der Waals surface area contributed by atoms with Crippen molar-refractivity contribution in [3.63, 3.8) is 0 Å². The zero-order valence-electron chi connectivity index (χ0n) is 4.77. The largest absolute Gasteiger partial charge is 0.319 e. The van der Waals surface area contributed by atoms with Crippen molar-refractivity contribution in [1.29, 1.82) is 0 Å². The Labute approximate surface area is 52.2 Å². The topological polar surface area (TPSA) is 65.2 Å². The van der Waals surface area contributed by atoms with Gasteiger partial charge in [-0.15, -0.1) is 0 Å². The first-order valence-electron chi connectivity index (χ1n) is 2.90. The molecule has 2 fully saturated rings. The molecule has 0 aromatic rings. The van der Waals surface area contributed by atoms with E-state index in [2.05, 4.69) is 21.3 Å². The number of fused-ring (bicyclic) bond motifs is 1. The van der Waals surface area contributed by atoms with Crippen LogP contribution in [0.4, 0.5) is 4.79 Å². The molecule has 0 spiro atoms. The van der Waals surface area contributed by atoms with E-state index < -0.39 is 0 Å². The quantitative estimate of drug-likeness (QED) is 0.308. The number of carbonyl (C=O) groups excluding carboxylic acids is 1. The highest BCUT2D eigenvalue weighted by Gasteiger charge is 2.34. The molecule has 0 unspecified atom stereocenters. The van der Waals surface area contributed by atoms with Crippen LogP contribution in [0.25, 0.3) is 0 Å². The van der Waals surface area contributed by atoms with Crippen LogP contribution in [-0.4, -0.2) is 25.0 Å². The van der Waals surface area contributed by atoms with Gasteiger partial charge in [-0.1, -0.05) is 0 Å². The van der Waals surface area contributed by atoms with Crippen molar-refractivity contribution < 1.29 is 4.79 Å². The number of amides is 2. The molecular formula is C4H8N4O. The normalized spacial score (nSPS) is 39.8. The minimum Gasteiger partial charge on any atom is -0.319 e. The Bertz CT molecular complexity index is 134. The van der Waals surface area contributed by atoms with Crippen LogP contribution >= 0.6 is 0 Å². The van der Waals surface area contributed by atoms with Crippen molar-refractivity contribution in [2.45, 2.75) is 12.3 Å². The van der Waals surface area contributed by atoms with E-state index in [1.54, 1.807) is 0 Å². The first-order valence-corrected chi connectivity index (χ1v) is 2.90. The van der Waals surface area contributed by atoms with Crippen molar-refractivity contribution in [2.24, 2.45) is 0 Å². The summed E-state index contributed by atoms with van der Waals surface area (Å²) < 4.78 is 0. The van der Waals surface area contributed by atoms with Gasteiger partial charge in [-0.05, 0) is 0 Å². The molecule has 0 saturated carbocycles. The van der Waals surface area contributed by atoms with Crippen molar-refractivity contribution in [3.05, 3.63) is 0 Å². The van der Waals surface area contributed by atoms with E-state index in [1.165, 1.54) is 0 Å². The van der Waals surface area contributed by atoms with Crippen LogP contribution in [0.3, 0.4) is 0 Å². The van der Waals surface area contributed by atoms with Gasteiger partial charge in [0.1, 0.15) is 12.3 Å². The summed E-state index contributed by atoms with van der Waals surface area (Å²) in [5.74, 6) is 0. The molecule has 2 heterocycles. The van der Waals surface area contributed by atoms with Gasteiger partial charge in [0.05, 0.1) is 0 Å². The Kier molecular flexibility index (Phi) is 0.882. The molecule has 2 saturated heterocycles. The molecule has 0 aromatic carbocycles. The third-order valence-corrected chi connectivity index (χ3v) is 1.55. The maximum atomic E-state index is 10.6. The van der Waals surface area contributed by atoms with Crippen molar-refractivity contribution in [1.82, 2.24) is 21.3 Å². The highest BCUT2D eigenvalue weighted by Crippen LogP contribution is 1.98. The van der Waals surface area contributed by atoms with Crippen LogP contribution in [0.1, 0.15) is 0 Å². The van der Waals surface area contributed by atoms with E-state index in [0.717, 1.165) is 6.67 Å². The van der Waals surface area contributed by atoms with Crippen molar-refractivity contribution in [3.8, 4) is 0 Å². The van der Waals surface area contributed by atoms with E-state index in [9.17, 15) is 4.79 Å². The molecule has 2 rings (SSSR count). The molecular weight excluding hydrogens is 120 g/mol. The first-order chi connectivity index (χ1) is 4.36. The third kappa shape index (κ3) is 0.655. The van der Waals surface area contributed by atoms with Gasteiger partial charge in [0, 0.05) is 6.67 Å². The molecule has 5 heteroatoms. The predicted molar refractivity (Wildman–Crippen MR) is 30.4 cm³/mol. The second-order valence-corrected chi connectivity index (χ2v) is 2.16. The molecule has 2 aliphatic heterocycles. The Hall–Kier alpha value is -0.810. The van der Waals surface area contributed by atoms with E-state index >= 15 is 0 Å². The minimum absolute atomic E-state index is 0.0810. The third-order valence-electron chi connectivity index (χ3n) is 1.55. The second kappa shape index (κ2) is 1.58. The molecule has 4 N–H and O–H groups in total. The molecule has 0 bridgehead atoms. The van der Waals surface area contributed by atoms with Crippen LogP contribution in [0.15, 0.2) is 0 Å². The highest BCUT2D eigenvalue weighted by atomic mass is 16.2. The zero-order chi connectivity index (χ0) is 6.27. The monoisotopic (exact) mass is 128 g/mol. The summed E-state index contributed by atoms with van der Waals surface area (Å²) in [4.78, 5) is 10.6. The van der Waals surface area contributed by atoms with Crippen molar-refractivity contribution in [2.75, 3.05) is 6.67 Å². The fourth-order valence-electron chi connectivity index (χ4n) is 1.11. The summed E-state index contributed by atoms with van der Waals surface area (Å²) in [6.07, 6.45) is 0.162. The molecule has 2 atom stereocenters. The fourth-order valence-corrected chi connectivity index (χ4v) is 1.11. The summed E-state index contributed by atoms with van der Waals surface area (Å²) in [6, 6.07) is -0.107.